The molecule has 0 atom stereocenters. The minimum absolute atomic E-state index is 0.150. The fourth-order valence-electron chi connectivity index (χ4n) is 4.21. The average molecular weight is 490 g/mol. The molecule has 0 radical (unpaired) electrons. The number of benzene rings is 3. The van der Waals surface area contributed by atoms with E-state index >= 15 is 0 Å². The third-order valence-corrected chi connectivity index (χ3v) is 6.42. The number of nitrogens with zero attached hydrogens (tertiary/aromatic N) is 2. The molecule has 1 saturated heterocycles. The maximum absolute atomic E-state index is 13.9. The van der Waals surface area contributed by atoms with Crippen molar-refractivity contribution >= 4 is 28.9 Å². The topological polar surface area (TPSA) is 48.7 Å². The van der Waals surface area contributed by atoms with Crippen molar-refractivity contribution < 1.29 is 13.6 Å². The first kappa shape index (κ1) is 23.1. The molecule has 0 spiro atoms. The number of rotatable bonds is 6. The van der Waals surface area contributed by atoms with Gasteiger partial charge in [-0.25, -0.2) is 4.39 Å². The van der Waals surface area contributed by atoms with Gasteiger partial charge >= 0.3 is 0 Å². The third-order valence-electron chi connectivity index (χ3n) is 6.17. The van der Waals surface area contributed by atoms with E-state index in [0.717, 1.165) is 43.0 Å². The molecule has 0 unspecified atom stereocenters. The number of halogens is 2. The highest BCUT2D eigenvalue weighted by molar-refractivity contribution is 6.30. The number of nitrogens with one attached hydrogen (secondary N) is 1. The van der Waals surface area contributed by atoms with Gasteiger partial charge in [0.2, 0.25) is 0 Å². The zero-order valence-electron chi connectivity index (χ0n) is 19.1. The van der Waals surface area contributed by atoms with Crippen LogP contribution in [0.25, 0.3) is 11.3 Å². The predicted octanol–water partition coefficient (Wildman–Crippen LogP) is 6.31. The Morgan fingerprint density at radius 1 is 0.886 bits per heavy atom. The van der Waals surface area contributed by atoms with Gasteiger partial charge in [-0.05, 0) is 66.7 Å². The lowest BCUT2D eigenvalue weighted by Gasteiger charge is -2.36. The van der Waals surface area contributed by atoms with E-state index in [2.05, 4.69) is 15.1 Å². The Bertz CT molecular complexity index is 1300. The van der Waals surface area contributed by atoms with E-state index in [0.29, 0.717) is 23.0 Å². The highest BCUT2D eigenvalue weighted by atomic mass is 35.5. The van der Waals surface area contributed by atoms with Crippen molar-refractivity contribution in [1.29, 1.82) is 0 Å². The van der Waals surface area contributed by atoms with Crippen LogP contribution in [0.5, 0.6) is 0 Å². The molecule has 2 heterocycles. The van der Waals surface area contributed by atoms with Crippen LogP contribution >= 0.6 is 11.6 Å². The van der Waals surface area contributed by atoms with Crippen molar-refractivity contribution in [3.63, 3.8) is 0 Å². The molecule has 4 aromatic rings. The summed E-state index contributed by atoms with van der Waals surface area (Å²) in [5.41, 5.74) is 3.38. The molecule has 1 fully saturated rings. The van der Waals surface area contributed by atoms with Crippen LogP contribution in [0.1, 0.15) is 16.1 Å². The second-order valence-electron chi connectivity index (χ2n) is 8.53. The summed E-state index contributed by atoms with van der Waals surface area (Å²) in [7, 11) is 0. The molecule has 35 heavy (non-hydrogen) atoms. The van der Waals surface area contributed by atoms with Crippen LogP contribution in [0.2, 0.25) is 5.02 Å². The van der Waals surface area contributed by atoms with Gasteiger partial charge in [0.1, 0.15) is 11.6 Å². The number of amides is 1. The molecule has 7 heteroatoms. The summed E-state index contributed by atoms with van der Waals surface area (Å²) in [6.45, 7) is 4.07. The molecule has 3 aromatic carbocycles. The maximum atomic E-state index is 13.9. The smallest absolute Gasteiger partial charge is 0.291 e. The van der Waals surface area contributed by atoms with Gasteiger partial charge in [-0.15, -0.1) is 0 Å². The van der Waals surface area contributed by atoms with Crippen molar-refractivity contribution in [2.45, 2.75) is 6.54 Å². The van der Waals surface area contributed by atoms with Gasteiger partial charge < -0.3 is 14.6 Å². The van der Waals surface area contributed by atoms with Gasteiger partial charge in [0, 0.05) is 60.2 Å². The lowest BCUT2D eigenvalue weighted by atomic mass is 10.1. The van der Waals surface area contributed by atoms with Crippen molar-refractivity contribution in [2.24, 2.45) is 0 Å². The van der Waals surface area contributed by atoms with Crippen LogP contribution in [0.3, 0.4) is 0 Å². The van der Waals surface area contributed by atoms with Crippen LogP contribution < -0.4 is 10.2 Å². The Balaban J connectivity index is 1.15. The largest absolute Gasteiger partial charge is 0.451 e. The van der Waals surface area contributed by atoms with Crippen LogP contribution in [-0.2, 0) is 6.54 Å². The lowest BCUT2D eigenvalue weighted by Crippen LogP contribution is -2.46. The minimum atomic E-state index is -0.306. The number of carbonyl (C=O) groups is 1. The maximum Gasteiger partial charge on any atom is 0.291 e. The van der Waals surface area contributed by atoms with Gasteiger partial charge in [0.05, 0.1) is 0 Å². The normalized spacial score (nSPS) is 14.2. The quantitative estimate of drug-likeness (QED) is 0.344. The highest BCUT2D eigenvalue weighted by Gasteiger charge is 2.19. The highest BCUT2D eigenvalue weighted by Crippen LogP contribution is 2.25. The molecular weight excluding hydrogens is 465 g/mol. The monoisotopic (exact) mass is 489 g/mol. The first-order chi connectivity index (χ1) is 17.0. The molecule has 5 nitrogen and oxygen atoms in total. The standard InChI is InChI=1S/C28H25ClFN3O2/c29-22-7-5-20(6-8-22)26-13-14-27(35-26)28(34)31-23-9-11-24(12-10-23)33-17-15-32(16-18-33)19-21-3-1-2-4-25(21)30/h1-14H,15-19H2,(H,31,34). The van der Waals surface area contributed by atoms with E-state index in [1.165, 1.54) is 6.07 Å². The first-order valence-electron chi connectivity index (χ1n) is 11.5. The van der Waals surface area contributed by atoms with Crippen molar-refractivity contribution in [2.75, 3.05) is 36.4 Å². The van der Waals surface area contributed by atoms with E-state index in [1.54, 1.807) is 30.3 Å². The Morgan fingerprint density at radius 3 is 2.31 bits per heavy atom. The Morgan fingerprint density at radius 2 is 1.60 bits per heavy atom. The minimum Gasteiger partial charge on any atom is -0.451 e. The molecule has 1 N–H and O–H groups in total. The van der Waals surface area contributed by atoms with Gasteiger partial charge in [0.15, 0.2) is 5.76 Å². The Hall–Kier alpha value is -3.61. The zero-order chi connectivity index (χ0) is 24.2. The SMILES string of the molecule is O=C(Nc1ccc(N2CCN(Cc3ccccc3F)CC2)cc1)c1ccc(-c2ccc(Cl)cc2)o1. The molecule has 1 amide bonds. The van der Waals surface area contributed by atoms with Crippen molar-refractivity contribution in [3.05, 3.63) is 107 Å². The van der Waals surface area contributed by atoms with Gasteiger partial charge in [-0.1, -0.05) is 29.8 Å². The molecule has 178 valence electrons. The average Bonchev–Trinajstić information content (AvgIpc) is 3.38. The molecule has 1 aliphatic heterocycles. The Labute approximate surface area is 208 Å². The molecule has 0 saturated carbocycles. The summed E-state index contributed by atoms with van der Waals surface area (Å²) in [6.07, 6.45) is 0. The van der Waals surface area contributed by atoms with E-state index in [1.807, 2.05) is 48.5 Å². The van der Waals surface area contributed by atoms with Crippen LogP contribution in [0, 0.1) is 5.82 Å². The summed E-state index contributed by atoms with van der Waals surface area (Å²) in [4.78, 5) is 17.2. The van der Waals surface area contributed by atoms with Crippen LogP contribution in [0.15, 0.2) is 89.3 Å². The number of anilines is 2. The van der Waals surface area contributed by atoms with Crippen molar-refractivity contribution in [1.82, 2.24) is 4.90 Å². The van der Waals surface area contributed by atoms with Crippen LogP contribution in [0.4, 0.5) is 15.8 Å². The van der Waals surface area contributed by atoms with E-state index in [9.17, 15) is 9.18 Å². The fraction of sp³-hybridized carbons (Fsp3) is 0.179. The summed E-state index contributed by atoms with van der Waals surface area (Å²) in [6, 6.07) is 25.4. The number of carbonyl (C=O) groups excluding carboxylic acids is 1. The second kappa shape index (κ2) is 10.3. The molecule has 1 aromatic heterocycles. The fourth-order valence-corrected chi connectivity index (χ4v) is 4.34. The van der Waals surface area contributed by atoms with Gasteiger partial charge in [0.25, 0.3) is 5.91 Å². The lowest BCUT2D eigenvalue weighted by molar-refractivity contribution is 0.0997. The summed E-state index contributed by atoms with van der Waals surface area (Å²) >= 11 is 5.93. The Kier molecular flexibility index (Phi) is 6.84. The zero-order valence-corrected chi connectivity index (χ0v) is 19.8. The number of piperazine rings is 1. The molecule has 0 bridgehead atoms. The third kappa shape index (κ3) is 5.56. The molecule has 0 aliphatic carbocycles. The molecule has 1 aliphatic rings. The van der Waals surface area contributed by atoms with Crippen LogP contribution in [-0.4, -0.2) is 37.0 Å². The van der Waals surface area contributed by atoms with Gasteiger partial charge in [-0.3, -0.25) is 9.69 Å². The number of hydrogen-bond donors (Lipinski definition) is 1. The summed E-state index contributed by atoms with van der Waals surface area (Å²) in [5.74, 6) is 0.393. The summed E-state index contributed by atoms with van der Waals surface area (Å²) < 4.78 is 19.7. The van der Waals surface area contributed by atoms with Crippen molar-refractivity contribution in [3.8, 4) is 11.3 Å². The second-order valence-corrected chi connectivity index (χ2v) is 8.96. The van der Waals surface area contributed by atoms with Gasteiger partial charge in [-0.2, -0.15) is 0 Å². The number of furan rings is 1. The van der Waals surface area contributed by atoms with E-state index in [-0.39, 0.29) is 17.5 Å². The first-order valence-corrected chi connectivity index (χ1v) is 11.9. The number of hydrogen-bond acceptors (Lipinski definition) is 4. The van der Waals surface area contributed by atoms with E-state index < -0.39 is 0 Å². The van der Waals surface area contributed by atoms with E-state index in [4.69, 9.17) is 16.0 Å². The predicted molar refractivity (Wildman–Crippen MR) is 137 cm³/mol. The summed E-state index contributed by atoms with van der Waals surface area (Å²) in [5, 5.41) is 3.53. The molecular formula is C28H25ClFN3O2. The molecule has 5 rings (SSSR count).